The van der Waals surface area contributed by atoms with Crippen molar-refractivity contribution < 1.29 is 13.2 Å². The van der Waals surface area contributed by atoms with Gasteiger partial charge in [-0.05, 0) is 49.9 Å². The zero-order chi connectivity index (χ0) is 17.6. The molecule has 0 aliphatic rings. The van der Waals surface area contributed by atoms with Gasteiger partial charge in [-0.1, -0.05) is 19.9 Å². The highest BCUT2D eigenvalue weighted by Gasteiger charge is 2.23. The molecular formula is C17H28N2O3S. The number of benzene rings is 1. The number of rotatable bonds is 8. The minimum atomic E-state index is -3.52. The maximum atomic E-state index is 12.5. The number of hydrogen-bond acceptors (Lipinski definition) is 3. The Morgan fingerprint density at radius 1 is 1.00 bits per heavy atom. The van der Waals surface area contributed by atoms with Crippen molar-refractivity contribution in [2.24, 2.45) is 0 Å². The highest BCUT2D eigenvalue weighted by atomic mass is 32.2. The van der Waals surface area contributed by atoms with Crippen LogP contribution >= 0.6 is 0 Å². The number of amides is 1. The average molecular weight is 340 g/mol. The van der Waals surface area contributed by atoms with Crippen molar-refractivity contribution in [3.63, 3.8) is 0 Å². The molecule has 6 heteroatoms. The molecule has 1 aromatic rings. The Morgan fingerprint density at radius 3 is 1.87 bits per heavy atom. The van der Waals surface area contributed by atoms with E-state index in [1.54, 1.807) is 17.0 Å². The predicted octanol–water partition coefficient (Wildman–Crippen LogP) is 2.72. The fourth-order valence-corrected chi connectivity index (χ4v) is 3.45. The number of sulfonamides is 1. The summed E-state index contributed by atoms with van der Waals surface area (Å²) < 4.78 is 25.6. The van der Waals surface area contributed by atoms with Gasteiger partial charge in [0.2, 0.25) is 15.9 Å². The van der Waals surface area contributed by atoms with Crippen LogP contribution in [0.25, 0.3) is 0 Å². The molecule has 0 atom stereocenters. The molecule has 0 fully saturated rings. The van der Waals surface area contributed by atoms with Gasteiger partial charge in [0.25, 0.3) is 0 Å². The molecule has 0 bridgehead atoms. The van der Waals surface area contributed by atoms with Gasteiger partial charge >= 0.3 is 0 Å². The normalized spacial score (nSPS) is 11.3. The Hall–Kier alpha value is -1.56. The molecule has 0 N–H and O–H groups in total. The summed E-state index contributed by atoms with van der Waals surface area (Å²) in [7, 11) is -3.52. The van der Waals surface area contributed by atoms with E-state index >= 15 is 0 Å². The fourth-order valence-electron chi connectivity index (χ4n) is 2.62. The molecule has 23 heavy (non-hydrogen) atoms. The van der Waals surface area contributed by atoms with Gasteiger partial charge in [0.05, 0.1) is 11.9 Å². The zero-order valence-electron chi connectivity index (χ0n) is 14.8. The van der Waals surface area contributed by atoms with Crippen molar-refractivity contribution in [2.75, 3.05) is 30.2 Å². The lowest BCUT2D eigenvalue weighted by Crippen LogP contribution is -2.43. The second kappa shape index (κ2) is 8.34. The lowest BCUT2D eigenvalue weighted by molar-refractivity contribution is -0.129. The monoisotopic (exact) mass is 340 g/mol. The van der Waals surface area contributed by atoms with E-state index in [2.05, 4.69) is 0 Å². The molecule has 0 heterocycles. The van der Waals surface area contributed by atoms with Crippen molar-refractivity contribution in [2.45, 2.75) is 40.5 Å². The second-order valence-electron chi connectivity index (χ2n) is 6.00. The van der Waals surface area contributed by atoms with E-state index in [0.29, 0.717) is 18.8 Å². The van der Waals surface area contributed by atoms with E-state index in [1.165, 1.54) is 4.31 Å². The second-order valence-corrected chi connectivity index (χ2v) is 7.90. The highest BCUT2D eigenvalue weighted by molar-refractivity contribution is 7.92. The minimum Gasteiger partial charge on any atom is -0.341 e. The van der Waals surface area contributed by atoms with E-state index in [1.807, 2.05) is 33.8 Å². The van der Waals surface area contributed by atoms with E-state index in [-0.39, 0.29) is 12.5 Å². The molecule has 1 aromatic carbocycles. The van der Waals surface area contributed by atoms with E-state index in [0.717, 1.165) is 30.2 Å². The summed E-state index contributed by atoms with van der Waals surface area (Å²) in [6.07, 6.45) is 2.85. The molecule has 0 radical (unpaired) electrons. The zero-order valence-corrected chi connectivity index (χ0v) is 15.6. The number of aryl methyl sites for hydroxylation is 2. The first-order valence-electron chi connectivity index (χ1n) is 8.02. The van der Waals surface area contributed by atoms with Crippen LogP contribution in [-0.4, -0.2) is 45.1 Å². The summed E-state index contributed by atoms with van der Waals surface area (Å²) in [6.45, 7) is 9.00. The molecule has 0 saturated heterocycles. The van der Waals surface area contributed by atoms with Gasteiger partial charge < -0.3 is 4.90 Å². The Morgan fingerprint density at radius 2 is 1.48 bits per heavy atom. The standard InChI is InChI=1S/C17H28N2O3S/c1-6-8-18(9-7-2)17(20)13-19(23(5,21)22)16-11-14(3)10-15(4)12-16/h10-12H,6-9,13H2,1-5H3. The molecule has 0 aliphatic heterocycles. The van der Waals surface area contributed by atoms with Crippen LogP contribution in [0.3, 0.4) is 0 Å². The molecule has 0 saturated carbocycles. The third-order valence-electron chi connectivity index (χ3n) is 3.51. The third-order valence-corrected chi connectivity index (χ3v) is 4.65. The number of carbonyl (C=O) groups is 1. The van der Waals surface area contributed by atoms with Crippen LogP contribution in [-0.2, 0) is 14.8 Å². The SMILES string of the molecule is CCCN(CCC)C(=O)CN(c1cc(C)cc(C)c1)S(C)(=O)=O. The van der Waals surface area contributed by atoms with Crippen LogP contribution in [0.2, 0.25) is 0 Å². The Bertz CT molecular complexity index is 615. The van der Waals surface area contributed by atoms with Gasteiger partial charge in [0.1, 0.15) is 6.54 Å². The van der Waals surface area contributed by atoms with E-state index in [9.17, 15) is 13.2 Å². The van der Waals surface area contributed by atoms with E-state index in [4.69, 9.17) is 0 Å². The third kappa shape index (κ3) is 5.86. The summed E-state index contributed by atoms with van der Waals surface area (Å²) in [5, 5.41) is 0. The topological polar surface area (TPSA) is 57.7 Å². The lowest BCUT2D eigenvalue weighted by atomic mass is 10.1. The molecule has 0 spiro atoms. The quantitative estimate of drug-likeness (QED) is 0.731. The first-order valence-corrected chi connectivity index (χ1v) is 9.87. The Labute approximate surface area is 140 Å². The largest absolute Gasteiger partial charge is 0.341 e. The first-order chi connectivity index (χ1) is 10.7. The molecule has 0 aromatic heterocycles. The van der Waals surface area contributed by atoms with Crippen molar-refractivity contribution in [1.29, 1.82) is 0 Å². The van der Waals surface area contributed by atoms with Crippen LogP contribution in [0.4, 0.5) is 5.69 Å². The average Bonchev–Trinajstić information content (AvgIpc) is 2.41. The molecule has 0 aliphatic carbocycles. The smallest absolute Gasteiger partial charge is 0.243 e. The summed E-state index contributed by atoms with van der Waals surface area (Å²) in [6, 6.07) is 5.57. The van der Waals surface area contributed by atoms with Gasteiger partial charge in [-0.3, -0.25) is 9.10 Å². The predicted molar refractivity (Wildman–Crippen MR) is 95.3 cm³/mol. The summed E-state index contributed by atoms with van der Waals surface area (Å²) in [4.78, 5) is 14.3. The maximum absolute atomic E-state index is 12.5. The van der Waals surface area contributed by atoms with Crippen LogP contribution < -0.4 is 4.31 Å². The van der Waals surface area contributed by atoms with Gasteiger partial charge in [-0.25, -0.2) is 8.42 Å². The van der Waals surface area contributed by atoms with Crippen molar-refractivity contribution in [3.8, 4) is 0 Å². The molecule has 0 unspecified atom stereocenters. The van der Waals surface area contributed by atoms with Gasteiger partial charge in [-0.2, -0.15) is 0 Å². The summed E-state index contributed by atoms with van der Waals surface area (Å²) in [5.41, 5.74) is 2.49. The van der Waals surface area contributed by atoms with Crippen LogP contribution in [0.5, 0.6) is 0 Å². The molecular weight excluding hydrogens is 312 g/mol. The van der Waals surface area contributed by atoms with Crippen LogP contribution in [0, 0.1) is 13.8 Å². The van der Waals surface area contributed by atoms with Crippen LogP contribution in [0.15, 0.2) is 18.2 Å². The van der Waals surface area contributed by atoms with Crippen LogP contribution in [0.1, 0.15) is 37.8 Å². The summed E-state index contributed by atoms with van der Waals surface area (Å²) in [5.74, 6) is -0.154. The Kier molecular flexibility index (Phi) is 7.06. The molecule has 130 valence electrons. The van der Waals surface area contributed by atoms with Crippen molar-refractivity contribution in [3.05, 3.63) is 29.3 Å². The highest BCUT2D eigenvalue weighted by Crippen LogP contribution is 2.21. The number of carbonyl (C=O) groups excluding carboxylic acids is 1. The van der Waals surface area contributed by atoms with Gasteiger partial charge in [0, 0.05) is 13.1 Å². The maximum Gasteiger partial charge on any atom is 0.243 e. The first kappa shape index (κ1) is 19.5. The van der Waals surface area contributed by atoms with Gasteiger partial charge in [-0.15, -0.1) is 0 Å². The Balaban J connectivity index is 3.11. The summed E-state index contributed by atoms with van der Waals surface area (Å²) >= 11 is 0. The van der Waals surface area contributed by atoms with E-state index < -0.39 is 10.0 Å². The number of nitrogens with zero attached hydrogens (tertiary/aromatic N) is 2. The molecule has 5 nitrogen and oxygen atoms in total. The fraction of sp³-hybridized carbons (Fsp3) is 0.588. The van der Waals surface area contributed by atoms with Crippen molar-refractivity contribution in [1.82, 2.24) is 4.90 Å². The molecule has 1 rings (SSSR count). The van der Waals surface area contributed by atoms with Gasteiger partial charge in [0.15, 0.2) is 0 Å². The minimum absolute atomic E-state index is 0.151. The number of anilines is 1. The molecule has 1 amide bonds. The van der Waals surface area contributed by atoms with Crippen molar-refractivity contribution >= 4 is 21.6 Å². The number of hydrogen-bond donors (Lipinski definition) is 0. The lowest BCUT2D eigenvalue weighted by Gasteiger charge is -2.27.